The first-order valence-corrected chi connectivity index (χ1v) is 6.85. The zero-order valence-electron chi connectivity index (χ0n) is 11.0. The number of aliphatic hydroxyl groups is 1. The Kier molecular flexibility index (Phi) is 5.16. The van der Waals surface area contributed by atoms with Gasteiger partial charge in [-0.15, -0.1) is 0 Å². The summed E-state index contributed by atoms with van der Waals surface area (Å²) in [5, 5.41) is 17.6. The quantitative estimate of drug-likeness (QED) is 0.847. The molecule has 1 atom stereocenters. The third-order valence-electron chi connectivity index (χ3n) is 3.01. The third-order valence-corrected chi connectivity index (χ3v) is 4.04. The smallest absolute Gasteiger partial charge is 0.0741 e. The van der Waals surface area contributed by atoms with E-state index in [1.54, 1.807) is 0 Å². The van der Waals surface area contributed by atoms with Crippen LogP contribution in [0, 0.1) is 6.92 Å². The van der Waals surface area contributed by atoms with Gasteiger partial charge in [-0.1, -0.05) is 6.92 Å². The van der Waals surface area contributed by atoms with Crippen molar-refractivity contribution >= 4 is 15.9 Å². The molecule has 2 N–H and O–H groups in total. The summed E-state index contributed by atoms with van der Waals surface area (Å²) in [6, 6.07) is 0. The number of hydrogen-bond donors (Lipinski definition) is 2. The van der Waals surface area contributed by atoms with Gasteiger partial charge in [0.15, 0.2) is 0 Å². The molecule has 0 fully saturated rings. The molecule has 1 aromatic rings. The summed E-state index contributed by atoms with van der Waals surface area (Å²) in [5.41, 5.74) is 1.50. The summed E-state index contributed by atoms with van der Waals surface area (Å²) < 4.78 is 3.04. The molecule has 98 valence electrons. The van der Waals surface area contributed by atoms with Crippen molar-refractivity contribution in [2.75, 3.05) is 6.54 Å². The lowest BCUT2D eigenvalue weighted by molar-refractivity contribution is 0.0554. The van der Waals surface area contributed by atoms with Gasteiger partial charge in [0.2, 0.25) is 0 Å². The number of nitrogens with zero attached hydrogens (tertiary/aromatic N) is 2. The number of aromatic nitrogens is 2. The first-order valence-electron chi connectivity index (χ1n) is 6.06. The van der Waals surface area contributed by atoms with Crippen LogP contribution in [0.3, 0.4) is 0 Å². The molecule has 1 rings (SSSR count). The maximum absolute atomic E-state index is 9.91. The maximum atomic E-state index is 9.91. The van der Waals surface area contributed by atoms with E-state index in [-0.39, 0.29) is 0 Å². The molecule has 17 heavy (non-hydrogen) atoms. The van der Waals surface area contributed by atoms with E-state index in [1.165, 1.54) is 0 Å². The van der Waals surface area contributed by atoms with Crippen LogP contribution in [-0.2, 0) is 13.1 Å². The molecular formula is C12H22BrN3O. The lowest BCUT2D eigenvalue weighted by Gasteiger charge is -2.21. The normalized spacial score (nSPS) is 14.9. The van der Waals surface area contributed by atoms with E-state index in [4.69, 9.17) is 0 Å². The first kappa shape index (κ1) is 14.7. The third kappa shape index (κ3) is 3.79. The van der Waals surface area contributed by atoms with Crippen molar-refractivity contribution < 1.29 is 5.11 Å². The average molecular weight is 304 g/mol. The fraction of sp³-hybridized carbons (Fsp3) is 0.750. The monoisotopic (exact) mass is 303 g/mol. The van der Waals surface area contributed by atoms with Crippen molar-refractivity contribution in [2.45, 2.75) is 52.8 Å². The van der Waals surface area contributed by atoms with Crippen LogP contribution >= 0.6 is 15.9 Å². The van der Waals surface area contributed by atoms with Crippen LogP contribution in [0.15, 0.2) is 4.47 Å². The number of rotatable bonds is 6. The van der Waals surface area contributed by atoms with Gasteiger partial charge < -0.3 is 10.4 Å². The summed E-state index contributed by atoms with van der Waals surface area (Å²) in [7, 11) is 0. The molecule has 0 aliphatic heterocycles. The van der Waals surface area contributed by atoms with E-state index in [0.717, 1.165) is 28.8 Å². The molecule has 0 radical (unpaired) electrons. The number of halogens is 1. The topological polar surface area (TPSA) is 50.1 Å². The second kappa shape index (κ2) is 5.98. The fourth-order valence-corrected chi connectivity index (χ4v) is 2.04. The van der Waals surface area contributed by atoms with Crippen molar-refractivity contribution in [3.8, 4) is 0 Å². The second-order valence-corrected chi connectivity index (χ2v) is 5.41. The Balaban J connectivity index is 2.63. The average Bonchev–Trinajstić information content (AvgIpc) is 2.56. The van der Waals surface area contributed by atoms with Crippen molar-refractivity contribution in [2.24, 2.45) is 0 Å². The van der Waals surface area contributed by atoms with Crippen molar-refractivity contribution in [1.29, 1.82) is 0 Å². The van der Waals surface area contributed by atoms with Crippen molar-refractivity contribution in [3.63, 3.8) is 0 Å². The van der Waals surface area contributed by atoms with E-state index in [0.29, 0.717) is 13.1 Å². The van der Waals surface area contributed by atoms with E-state index >= 15 is 0 Å². The molecule has 0 amide bonds. The predicted octanol–water partition coefficient (Wildman–Crippen LogP) is 2.22. The van der Waals surface area contributed by atoms with Gasteiger partial charge in [-0.05, 0) is 43.1 Å². The zero-order valence-corrected chi connectivity index (χ0v) is 12.6. The number of nitrogens with one attached hydrogen (secondary N) is 1. The van der Waals surface area contributed by atoms with Gasteiger partial charge in [-0.25, -0.2) is 0 Å². The zero-order chi connectivity index (χ0) is 13.1. The number of hydrogen-bond acceptors (Lipinski definition) is 3. The van der Waals surface area contributed by atoms with Gasteiger partial charge in [0, 0.05) is 19.6 Å². The van der Waals surface area contributed by atoms with Crippen LogP contribution in [-0.4, -0.2) is 27.0 Å². The largest absolute Gasteiger partial charge is 0.389 e. The minimum absolute atomic E-state index is 0.587. The molecule has 5 heteroatoms. The molecule has 0 aliphatic carbocycles. The highest BCUT2D eigenvalue weighted by Crippen LogP contribution is 2.21. The second-order valence-electron chi connectivity index (χ2n) is 4.62. The summed E-state index contributed by atoms with van der Waals surface area (Å²) in [4.78, 5) is 0. The minimum atomic E-state index is -0.640. The van der Waals surface area contributed by atoms with Crippen LogP contribution in [0.25, 0.3) is 0 Å². The van der Waals surface area contributed by atoms with Crippen LogP contribution in [0.1, 0.15) is 38.6 Å². The van der Waals surface area contributed by atoms with E-state index in [9.17, 15) is 5.11 Å². The Morgan fingerprint density at radius 1 is 1.47 bits per heavy atom. The Morgan fingerprint density at radius 3 is 2.65 bits per heavy atom. The standard InChI is InChI=1S/C12H22BrN3O/c1-5-12(4,17)8-14-7-10-11(13)9(3)15-16(10)6-2/h14,17H,5-8H2,1-4H3. The Labute approximate surface area is 112 Å². The Morgan fingerprint density at radius 2 is 2.12 bits per heavy atom. The number of aryl methyl sites for hydroxylation is 2. The van der Waals surface area contributed by atoms with E-state index < -0.39 is 5.60 Å². The molecule has 1 aromatic heterocycles. The molecule has 0 saturated carbocycles. The van der Waals surface area contributed by atoms with Crippen molar-refractivity contribution in [3.05, 3.63) is 15.9 Å². The molecule has 0 aliphatic rings. The summed E-state index contributed by atoms with van der Waals surface area (Å²) in [5.74, 6) is 0. The summed E-state index contributed by atoms with van der Waals surface area (Å²) >= 11 is 3.55. The van der Waals surface area contributed by atoms with Crippen LogP contribution in [0.2, 0.25) is 0 Å². The van der Waals surface area contributed by atoms with Gasteiger partial charge in [-0.2, -0.15) is 5.10 Å². The fourth-order valence-electron chi connectivity index (χ4n) is 1.61. The van der Waals surface area contributed by atoms with Gasteiger partial charge >= 0.3 is 0 Å². The molecule has 0 spiro atoms. The molecule has 0 saturated heterocycles. The van der Waals surface area contributed by atoms with Crippen LogP contribution in [0.4, 0.5) is 0 Å². The highest BCUT2D eigenvalue weighted by atomic mass is 79.9. The van der Waals surface area contributed by atoms with Crippen LogP contribution < -0.4 is 5.32 Å². The first-order chi connectivity index (χ1) is 7.91. The molecular weight excluding hydrogens is 282 g/mol. The summed E-state index contributed by atoms with van der Waals surface area (Å²) in [6.45, 7) is 10.0. The lowest BCUT2D eigenvalue weighted by Crippen LogP contribution is -2.37. The van der Waals surface area contributed by atoms with Crippen molar-refractivity contribution in [1.82, 2.24) is 15.1 Å². The lowest BCUT2D eigenvalue weighted by atomic mass is 10.0. The molecule has 0 bridgehead atoms. The van der Waals surface area contributed by atoms with Gasteiger partial charge in [0.1, 0.15) is 0 Å². The predicted molar refractivity (Wildman–Crippen MR) is 73.0 cm³/mol. The van der Waals surface area contributed by atoms with Gasteiger partial charge in [0.05, 0.1) is 21.5 Å². The molecule has 0 aromatic carbocycles. The van der Waals surface area contributed by atoms with E-state index in [2.05, 4.69) is 33.3 Å². The Bertz CT molecular complexity index is 374. The van der Waals surface area contributed by atoms with Crippen LogP contribution in [0.5, 0.6) is 0 Å². The van der Waals surface area contributed by atoms with Gasteiger partial charge in [0.25, 0.3) is 0 Å². The SMILES string of the molecule is CCn1nc(C)c(Br)c1CNCC(C)(O)CC. The van der Waals surface area contributed by atoms with E-state index in [1.807, 2.05) is 25.5 Å². The van der Waals surface area contributed by atoms with Gasteiger partial charge in [-0.3, -0.25) is 4.68 Å². The summed E-state index contributed by atoms with van der Waals surface area (Å²) in [6.07, 6.45) is 0.743. The highest BCUT2D eigenvalue weighted by molar-refractivity contribution is 9.10. The highest BCUT2D eigenvalue weighted by Gasteiger charge is 2.18. The molecule has 4 nitrogen and oxygen atoms in total. The maximum Gasteiger partial charge on any atom is 0.0741 e. The minimum Gasteiger partial charge on any atom is -0.389 e. The Hall–Kier alpha value is -0.390. The molecule has 1 unspecified atom stereocenters. The molecule has 1 heterocycles.